The molecule has 0 atom stereocenters. The van der Waals surface area contributed by atoms with Gasteiger partial charge in [-0.25, -0.2) is 4.68 Å². The van der Waals surface area contributed by atoms with Crippen LogP contribution < -0.4 is 10.7 Å². The number of benzene rings is 1. The maximum atomic E-state index is 11.0. The zero-order valence-corrected chi connectivity index (χ0v) is 16.2. The van der Waals surface area contributed by atoms with E-state index in [9.17, 15) is 4.79 Å². The average Bonchev–Trinajstić information content (AvgIpc) is 3.23. The number of carbonyl (C=O) groups is 1. The summed E-state index contributed by atoms with van der Waals surface area (Å²) in [4.78, 5) is 11.0. The molecule has 0 bridgehead atoms. The molecular weight excluding hydrogens is 366 g/mol. The molecule has 0 unspecified atom stereocenters. The van der Waals surface area contributed by atoms with Crippen LogP contribution in [0.3, 0.4) is 0 Å². The fraction of sp³-hybridized carbons (Fsp3) is 0.412. The normalized spacial score (nSPS) is 11.1. The molecule has 2 aromatic rings. The van der Waals surface area contributed by atoms with E-state index in [0.29, 0.717) is 11.5 Å². The van der Waals surface area contributed by atoms with Crippen LogP contribution in [-0.2, 0) is 9.53 Å². The molecule has 10 heteroatoms. The van der Waals surface area contributed by atoms with E-state index < -0.39 is 0 Å². The van der Waals surface area contributed by atoms with Crippen molar-refractivity contribution in [3.8, 4) is 5.69 Å². The number of ether oxygens (including phenoxy) is 1. The van der Waals surface area contributed by atoms with Gasteiger partial charge < -0.3 is 10.1 Å². The summed E-state index contributed by atoms with van der Waals surface area (Å²) in [7, 11) is 1.40. The van der Waals surface area contributed by atoms with Gasteiger partial charge in [-0.2, -0.15) is 5.10 Å². The van der Waals surface area contributed by atoms with Gasteiger partial charge in [-0.1, -0.05) is 18.6 Å². The van der Waals surface area contributed by atoms with Crippen LogP contribution in [0.2, 0.25) is 0 Å². The summed E-state index contributed by atoms with van der Waals surface area (Å²) in [5.74, 6) is -0.172. The average molecular weight is 389 g/mol. The highest BCUT2D eigenvalue weighted by Crippen LogP contribution is 2.09. The topological polar surface area (TPSA) is 106 Å². The second-order valence-electron chi connectivity index (χ2n) is 5.76. The Hall–Kier alpha value is -2.88. The van der Waals surface area contributed by atoms with Crippen molar-refractivity contribution in [1.82, 2.24) is 30.9 Å². The molecule has 0 spiro atoms. The van der Waals surface area contributed by atoms with Crippen molar-refractivity contribution in [1.29, 1.82) is 0 Å². The van der Waals surface area contributed by atoms with Gasteiger partial charge in [-0.05, 0) is 60.1 Å². The first-order valence-corrected chi connectivity index (χ1v) is 8.99. The SMILES string of the molecule is COC(=O)CCCCCNC(=S)N/N=C(/C)c1cccc(-n2cnnn2)c1. The molecule has 1 heterocycles. The highest BCUT2D eigenvalue weighted by Gasteiger charge is 2.03. The molecule has 0 saturated carbocycles. The Bertz CT molecular complexity index is 777. The second kappa shape index (κ2) is 11.0. The minimum atomic E-state index is -0.172. The minimum Gasteiger partial charge on any atom is -0.469 e. The van der Waals surface area contributed by atoms with Gasteiger partial charge in [0.05, 0.1) is 18.5 Å². The van der Waals surface area contributed by atoms with Crippen molar-refractivity contribution in [3.63, 3.8) is 0 Å². The van der Waals surface area contributed by atoms with Gasteiger partial charge in [0.2, 0.25) is 0 Å². The molecule has 0 amide bonds. The van der Waals surface area contributed by atoms with E-state index in [4.69, 9.17) is 12.2 Å². The van der Waals surface area contributed by atoms with Gasteiger partial charge in [0.1, 0.15) is 6.33 Å². The molecule has 9 nitrogen and oxygen atoms in total. The second-order valence-corrected chi connectivity index (χ2v) is 6.16. The molecule has 2 N–H and O–H groups in total. The van der Waals surface area contributed by atoms with Crippen LogP contribution in [0.4, 0.5) is 0 Å². The number of thiocarbonyl (C=S) groups is 1. The first-order valence-electron chi connectivity index (χ1n) is 8.59. The Balaban J connectivity index is 1.74. The van der Waals surface area contributed by atoms with E-state index in [1.165, 1.54) is 13.4 Å². The monoisotopic (exact) mass is 389 g/mol. The molecular formula is C17H23N7O2S. The summed E-state index contributed by atoms with van der Waals surface area (Å²) >= 11 is 5.22. The van der Waals surface area contributed by atoms with Gasteiger partial charge in [-0.3, -0.25) is 10.2 Å². The molecule has 2 rings (SSSR count). The smallest absolute Gasteiger partial charge is 0.305 e. The summed E-state index contributed by atoms with van der Waals surface area (Å²) < 4.78 is 6.18. The lowest BCUT2D eigenvalue weighted by molar-refractivity contribution is -0.140. The number of tetrazole rings is 1. The number of hydrogen-bond donors (Lipinski definition) is 2. The van der Waals surface area contributed by atoms with Crippen LogP contribution in [0.15, 0.2) is 35.7 Å². The zero-order valence-electron chi connectivity index (χ0n) is 15.4. The Morgan fingerprint density at radius 1 is 1.33 bits per heavy atom. The fourth-order valence-corrected chi connectivity index (χ4v) is 2.41. The molecule has 0 fully saturated rings. The van der Waals surface area contributed by atoms with Crippen LogP contribution in [0.5, 0.6) is 0 Å². The molecule has 1 aromatic carbocycles. The van der Waals surface area contributed by atoms with E-state index in [1.807, 2.05) is 31.2 Å². The number of carbonyl (C=O) groups excluding carboxylic acids is 1. The third-order valence-electron chi connectivity index (χ3n) is 3.77. The molecule has 0 saturated heterocycles. The standard InChI is InChI=1S/C17H23N7O2S/c1-13(14-7-6-8-15(11-14)24-12-19-22-23-24)20-21-17(27)18-10-5-3-4-9-16(25)26-2/h6-8,11-12H,3-5,9-10H2,1-2H3,(H2,18,21,27)/b20-13-. The summed E-state index contributed by atoms with van der Waals surface area (Å²) in [6, 6.07) is 7.71. The summed E-state index contributed by atoms with van der Waals surface area (Å²) in [6.45, 7) is 2.61. The van der Waals surface area contributed by atoms with Crippen molar-refractivity contribution in [2.75, 3.05) is 13.7 Å². The van der Waals surface area contributed by atoms with Crippen LogP contribution >= 0.6 is 12.2 Å². The third-order valence-corrected chi connectivity index (χ3v) is 4.01. The van der Waals surface area contributed by atoms with E-state index in [1.54, 1.807) is 4.68 Å². The minimum absolute atomic E-state index is 0.172. The largest absolute Gasteiger partial charge is 0.469 e. The Morgan fingerprint density at radius 2 is 2.19 bits per heavy atom. The first-order chi connectivity index (χ1) is 13.1. The quantitative estimate of drug-likeness (QED) is 0.219. The van der Waals surface area contributed by atoms with Crippen molar-refractivity contribution in [2.24, 2.45) is 5.10 Å². The highest BCUT2D eigenvalue weighted by atomic mass is 32.1. The van der Waals surface area contributed by atoms with E-state index in [2.05, 4.69) is 36.1 Å². The molecule has 144 valence electrons. The maximum Gasteiger partial charge on any atom is 0.305 e. The molecule has 0 aliphatic rings. The summed E-state index contributed by atoms with van der Waals surface area (Å²) in [5, 5.41) is 19.0. The van der Waals surface area contributed by atoms with Crippen LogP contribution in [0.25, 0.3) is 5.69 Å². The number of hydrazone groups is 1. The van der Waals surface area contributed by atoms with Gasteiger partial charge in [-0.15, -0.1) is 5.10 Å². The van der Waals surface area contributed by atoms with E-state index >= 15 is 0 Å². The predicted octanol–water partition coefficient (Wildman–Crippen LogP) is 1.58. The fourth-order valence-electron chi connectivity index (χ4n) is 2.27. The van der Waals surface area contributed by atoms with E-state index in [-0.39, 0.29) is 5.97 Å². The maximum absolute atomic E-state index is 11.0. The van der Waals surface area contributed by atoms with Gasteiger partial charge >= 0.3 is 5.97 Å². The molecule has 0 radical (unpaired) electrons. The highest BCUT2D eigenvalue weighted by molar-refractivity contribution is 7.80. The van der Waals surface area contributed by atoms with Crippen LogP contribution in [0.1, 0.15) is 38.2 Å². The summed E-state index contributed by atoms with van der Waals surface area (Å²) in [6.07, 6.45) is 4.64. The Labute approximate surface area is 163 Å². The van der Waals surface area contributed by atoms with Crippen molar-refractivity contribution >= 4 is 29.0 Å². The summed E-state index contributed by atoms with van der Waals surface area (Å²) in [5.41, 5.74) is 5.40. The lowest BCUT2D eigenvalue weighted by atomic mass is 10.1. The van der Waals surface area contributed by atoms with Gasteiger partial charge in [0.25, 0.3) is 0 Å². The number of hydrogen-bond acceptors (Lipinski definition) is 7. The number of unbranched alkanes of at least 4 members (excludes halogenated alkanes) is 2. The number of aromatic nitrogens is 4. The van der Waals surface area contributed by atoms with Crippen molar-refractivity contribution in [2.45, 2.75) is 32.6 Å². The number of nitrogens with one attached hydrogen (secondary N) is 2. The molecule has 1 aromatic heterocycles. The molecule has 27 heavy (non-hydrogen) atoms. The lowest BCUT2D eigenvalue weighted by Gasteiger charge is -2.08. The van der Waals surface area contributed by atoms with Crippen LogP contribution in [0, 0.1) is 0 Å². The first kappa shape index (κ1) is 20.4. The number of nitrogens with zero attached hydrogens (tertiary/aromatic N) is 5. The zero-order chi connectivity index (χ0) is 19.5. The van der Waals surface area contributed by atoms with E-state index in [0.717, 1.165) is 42.8 Å². The Morgan fingerprint density at radius 3 is 2.93 bits per heavy atom. The number of rotatable bonds is 9. The predicted molar refractivity (Wildman–Crippen MR) is 106 cm³/mol. The third kappa shape index (κ3) is 7.10. The van der Waals surface area contributed by atoms with Gasteiger partial charge in [0, 0.05) is 13.0 Å². The number of methoxy groups -OCH3 is 1. The molecule has 0 aliphatic heterocycles. The van der Waals surface area contributed by atoms with Crippen molar-refractivity contribution < 1.29 is 9.53 Å². The Kier molecular flexibility index (Phi) is 8.30. The van der Waals surface area contributed by atoms with Crippen LogP contribution in [-0.4, -0.2) is 50.7 Å². The number of esters is 1. The van der Waals surface area contributed by atoms with Crippen molar-refractivity contribution in [3.05, 3.63) is 36.2 Å². The lowest BCUT2D eigenvalue weighted by Crippen LogP contribution is -2.33. The molecule has 0 aliphatic carbocycles. The van der Waals surface area contributed by atoms with Gasteiger partial charge in [0.15, 0.2) is 5.11 Å².